The Morgan fingerprint density at radius 1 is 1.53 bits per heavy atom. The van der Waals surface area contributed by atoms with Gasteiger partial charge in [-0.2, -0.15) is 0 Å². The first-order chi connectivity index (χ1) is 7.11. The van der Waals surface area contributed by atoms with E-state index in [0.29, 0.717) is 12.6 Å². The molecular formula is C10H22N4O. The second kappa shape index (κ2) is 6.05. The highest BCUT2D eigenvalue weighted by Crippen LogP contribution is 1.91. The van der Waals surface area contributed by atoms with Crippen molar-refractivity contribution in [2.45, 2.75) is 19.0 Å². The number of carbonyl (C=O) groups excluding carboxylic acids is 1. The van der Waals surface area contributed by atoms with Crippen molar-refractivity contribution in [2.24, 2.45) is 0 Å². The van der Waals surface area contributed by atoms with Crippen LogP contribution in [0.4, 0.5) is 0 Å². The van der Waals surface area contributed by atoms with Crippen molar-refractivity contribution < 1.29 is 4.79 Å². The summed E-state index contributed by atoms with van der Waals surface area (Å²) < 4.78 is 0. The molecule has 15 heavy (non-hydrogen) atoms. The Labute approximate surface area is 91.6 Å². The molecule has 1 aliphatic heterocycles. The summed E-state index contributed by atoms with van der Waals surface area (Å²) in [5.74, 6) is 0.0934. The van der Waals surface area contributed by atoms with Crippen molar-refractivity contribution in [3.05, 3.63) is 0 Å². The lowest BCUT2D eigenvalue weighted by atomic mass is 10.2. The van der Waals surface area contributed by atoms with Crippen LogP contribution in [-0.2, 0) is 4.79 Å². The molecule has 0 radical (unpaired) electrons. The fourth-order valence-electron chi connectivity index (χ4n) is 1.39. The number of nitrogens with zero attached hydrogens (tertiary/aromatic N) is 1. The second-order valence-corrected chi connectivity index (χ2v) is 4.27. The van der Waals surface area contributed by atoms with Gasteiger partial charge in [-0.1, -0.05) is 0 Å². The monoisotopic (exact) mass is 214 g/mol. The van der Waals surface area contributed by atoms with Crippen LogP contribution in [0.1, 0.15) is 6.92 Å². The standard InChI is InChI=1S/C10H22N4O/c1-8(14(2)3)6-13-10(15)9-7-11-4-5-12-9/h8-9,11-12H,4-7H2,1-3H3,(H,13,15). The average Bonchev–Trinajstić information content (AvgIpc) is 2.26. The van der Waals surface area contributed by atoms with Crippen molar-refractivity contribution in [1.29, 1.82) is 0 Å². The Bertz CT molecular complexity index is 202. The summed E-state index contributed by atoms with van der Waals surface area (Å²) in [7, 11) is 4.02. The van der Waals surface area contributed by atoms with Gasteiger partial charge in [0.25, 0.3) is 0 Å². The molecule has 2 atom stereocenters. The summed E-state index contributed by atoms with van der Waals surface area (Å²) in [6.07, 6.45) is 0. The van der Waals surface area contributed by atoms with Crippen LogP contribution < -0.4 is 16.0 Å². The van der Waals surface area contributed by atoms with E-state index in [-0.39, 0.29) is 11.9 Å². The highest BCUT2D eigenvalue weighted by atomic mass is 16.2. The van der Waals surface area contributed by atoms with Crippen molar-refractivity contribution in [1.82, 2.24) is 20.9 Å². The maximum atomic E-state index is 11.7. The number of hydrogen-bond acceptors (Lipinski definition) is 4. The van der Waals surface area contributed by atoms with Gasteiger partial charge in [-0.25, -0.2) is 0 Å². The summed E-state index contributed by atoms with van der Waals surface area (Å²) in [5.41, 5.74) is 0. The molecule has 0 aromatic carbocycles. The molecule has 1 aliphatic rings. The number of piperazine rings is 1. The molecule has 0 aromatic heterocycles. The molecule has 1 amide bonds. The van der Waals surface area contributed by atoms with Crippen molar-refractivity contribution >= 4 is 5.91 Å². The van der Waals surface area contributed by atoms with Crippen LogP contribution in [0.5, 0.6) is 0 Å². The van der Waals surface area contributed by atoms with E-state index in [9.17, 15) is 4.79 Å². The summed E-state index contributed by atoms with van der Waals surface area (Å²) in [6, 6.07) is 0.290. The molecule has 1 heterocycles. The van der Waals surface area contributed by atoms with Gasteiger partial charge in [0, 0.05) is 32.2 Å². The van der Waals surface area contributed by atoms with Crippen molar-refractivity contribution in [2.75, 3.05) is 40.3 Å². The van der Waals surface area contributed by atoms with Gasteiger partial charge in [0.15, 0.2) is 0 Å². The zero-order valence-corrected chi connectivity index (χ0v) is 9.84. The summed E-state index contributed by atoms with van der Waals surface area (Å²) in [4.78, 5) is 13.8. The van der Waals surface area contributed by atoms with E-state index in [1.807, 2.05) is 14.1 Å². The third-order valence-electron chi connectivity index (χ3n) is 2.81. The van der Waals surface area contributed by atoms with Gasteiger partial charge >= 0.3 is 0 Å². The van der Waals surface area contributed by atoms with Crippen LogP contribution in [0, 0.1) is 0 Å². The minimum Gasteiger partial charge on any atom is -0.353 e. The lowest BCUT2D eigenvalue weighted by molar-refractivity contribution is -0.123. The van der Waals surface area contributed by atoms with Gasteiger partial charge in [0.05, 0.1) is 6.04 Å². The predicted molar refractivity (Wildman–Crippen MR) is 60.8 cm³/mol. The fourth-order valence-corrected chi connectivity index (χ4v) is 1.39. The number of amides is 1. The molecule has 5 nitrogen and oxygen atoms in total. The predicted octanol–water partition coefficient (Wildman–Crippen LogP) is -1.39. The molecule has 2 unspecified atom stereocenters. The van der Waals surface area contributed by atoms with E-state index >= 15 is 0 Å². The third kappa shape index (κ3) is 4.15. The molecule has 88 valence electrons. The molecule has 3 N–H and O–H groups in total. The summed E-state index contributed by atoms with van der Waals surface area (Å²) in [5, 5.41) is 9.33. The minimum absolute atomic E-state index is 0.0758. The van der Waals surface area contributed by atoms with Crippen LogP contribution in [0.15, 0.2) is 0 Å². The molecular weight excluding hydrogens is 192 g/mol. The maximum Gasteiger partial charge on any atom is 0.238 e. The summed E-state index contributed by atoms with van der Waals surface area (Å²) >= 11 is 0. The Balaban J connectivity index is 2.22. The van der Waals surface area contributed by atoms with Gasteiger partial charge in [0.1, 0.15) is 0 Å². The van der Waals surface area contributed by atoms with Gasteiger partial charge in [-0.3, -0.25) is 4.79 Å². The third-order valence-corrected chi connectivity index (χ3v) is 2.81. The van der Waals surface area contributed by atoms with Gasteiger partial charge in [-0.15, -0.1) is 0 Å². The highest BCUT2D eigenvalue weighted by molar-refractivity contribution is 5.82. The number of hydrogen-bond donors (Lipinski definition) is 3. The number of nitrogens with one attached hydrogen (secondary N) is 3. The Morgan fingerprint density at radius 2 is 2.27 bits per heavy atom. The molecule has 1 rings (SSSR count). The van der Waals surface area contributed by atoms with Gasteiger partial charge in [0.2, 0.25) is 5.91 Å². The SMILES string of the molecule is CC(CNC(=O)C1CNCCN1)N(C)C. The first kappa shape index (κ1) is 12.4. The quantitative estimate of drug-likeness (QED) is 0.539. The Morgan fingerprint density at radius 3 is 2.80 bits per heavy atom. The van der Waals surface area contributed by atoms with Crippen molar-refractivity contribution in [3.63, 3.8) is 0 Å². The number of likely N-dealkylation sites (N-methyl/N-ethyl adjacent to an activating group) is 1. The van der Waals surface area contributed by atoms with Crippen LogP contribution in [0.3, 0.4) is 0 Å². The molecule has 0 spiro atoms. The smallest absolute Gasteiger partial charge is 0.238 e. The van der Waals surface area contributed by atoms with Gasteiger partial charge < -0.3 is 20.9 Å². The zero-order valence-electron chi connectivity index (χ0n) is 9.84. The van der Waals surface area contributed by atoms with Crippen LogP contribution in [0.2, 0.25) is 0 Å². The topological polar surface area (TPSA) is 56.4 Å². The number of carbonyl (C=O) groups is 1. The summed E-state index contributed by atoms with van der Waals surface area (Å²) in [6.45, 7) is 5.32. The van der Waals surface area contributed by atoms with E-state index in [4.69, 9.17) is 0 Å². The van der Waals surface area contributed by atoms with Crippen LogP contribution in [-0.4, -0.2) is 63.2 Å². The molecule has 0 aliphatic carbocycles. The molecule has 1 saturated heterocycles. The fraction of sp³-hybridized carbons (Fsp3) is 0.900. The highest BCUT2D eigenvalue weighted by Gasteiger charge is 2.20. The van der Waals surface area contributed by atoms with Crippen LogP contribution in [0.25, 0.3) is 0 Å². The molecule has 0 bridgehead atoms. The molecule has 0 aromatic rings. The first-order valence-corrected chi connectivity index (χ1v) is 5.49. The van der Waals surface area contributed by atoms with E-state index in [2.05, 4.69) is 27.8 Å². The van der Waals surface area contributed by atoms with E-state index < -0.39 is 0 Å². The van der Waals surface area contributed by atoms with Gasteiger partial charge in [-0.05, 0) is 21.0 Å². The van der Waals surface area contributed by atoms with E-state index in [0.717, 1.165) is 19.6 Å². The van der Waals surface area contributed by atoms with E-state index in [1.165, 1.54) is 0 Å². The normalized spacial score (nSPS) is 23.9. The lowest BCUT2D eigenvalue weighted by Gasteiger charge is -2.25. The molecule has 1 fully saturated rings. The zero-order chi connectivity index (χ0) is 11.3. The maximum absolute atomic E-state index is 11.7. The Hall–Kier alpha value is -0.650. The average molecular weight is 214 g/mol. The minimum atomic E-state index is -0.0758. The first-order valence-electron chi connectivity index (χ1n) is 5.49. The van der Waals surface area contributed by atoms with Crippen LogP contribution >= 0.6 is 0 Å². The molecule has 5 heteroatoms. The van der Waals surface area contributed by atoms with E-state index in [1.54, 1.807) is 0 Å². The number of rotatable bonds is 4. The molecule has 0 saturated carbocycles. The second-order valence-electron chi connectivity index (χ2n) is 4.27. The lowest BCUT2D eigenvalue weighted by Crippen LogP contribution is -2.56. The Kier molecular flexibility index (Phi) is 5.01. The largest absolute Gasteiger partial charge is 0.353 e. The van der Waals surface area contributed by atoms with Crippen molar-refractivity contribution in [3.8, 4) is 0 Å².